The molecule has 19 heteroatoms. The number of thiazole rings is 1. The maximum absolute atomic E-state index is 15.4. The Balaban J connectivity index is 0.759. The molecule has 4 aromatic carbocycles. The number of aryl methyl sites for hydroxylation is 1. The van der Waals surface area contributed by atoms with Crippen molar-refractivity contribution in [1.82, 2.24) is 63.5 Å². The van der Waals surface area contributed by atoms with Crippen LogP contribution in [0.5, 0.6) is 0 Å². The molecular formula is C55H36Cl2F3N13S. The molecule has 0 saturated heterocycles. The van der Waals surface area contributed by atoms with Crippen LogP contribution in [0.15, 0.2) is 122 Å². The molecule has 0 fully saturated rings. The average Bonchev–Trinajstić information content (AvgIpc) is 4.28. The van der Waals surface area contributed by atoms with E-state index in [-0.39, 0.29) is 23.1 Å². The Morgan fingerprint density at radius 1 is 0.527 bits per heavy atom. The van der Waals surface area contributed by atoms with Crippen molar-refractivity contribution in [3.63, 3.8) is 0 Å². The van der Waals surface area contributed by atoms with Crippen LogP contribution in [0.1, 0.15) is 46.5 Å². The molecular weight excluding hydrogens is 1000 g/mol. The first kappa shape index (κ1) is 43.6. The third-order valence-corrected chi connectivity index (χ3v) is 16.5. The maximum atomic E-state index is 15.4. The standard InChI is InChI=1S/C55H36Cl2F3N13S/c56-38-14-29(34-17-46-52(32-7-12-49-62-26-65-73(49)22-32)55(68-71(46)24-34)37-19-41(59)42(60)20-40(37)58)3-8-35(38)53-50(30-5-10-43-47(18-30)74-27-63-43)45-16-33(23-70(45)67-53)28-4-9-36(39(57)15-28)54-51(44-2-1-13-69(44)66-54)31-6-11-48-61-25-64-72(48)21-31/h3-12,14-15,18-22,25-27,33-34H,1-2,13,16-17,23-24H2. The second-order valence-corrected chi connectivity index (χ2v) is 20.9. The first-order valence-electron chi connectivity index (χ1n) is 24.1. The highest BCUT2D eigenvalue weighted by Crippen LogP contribution is 2.48. The Morgan fingerprint density at radius 3 is 1.70 bits per heavy atom. The molecule has 3 aliphatic rings. The van der Waals surface area contributed by atoms with Gasteiger partial charge in [0.2, 0.25) is 0 Å². The molecule has 3 aliphatic heterocycles. The van der Waals surface area contributed by atoms with Gasteiger partial charge in [-0.05, 0) is 97.0 Å². The summed E-state index contributed by atoms with van der Waals surface area (Å²) in [6.45, 7) is 1.96. The number of fused-ring (bicyclic) bond motifs is 6. The maximum Gasteiger partial charge on any atom is 0.161 e. The molecule has 2 atom stereocenters. The molecule has 2 unspecified atom stereocenters. The predicted octanol–water partition coefficient (Wildman–Crippen LogP) is 12.3. The molecule has 13 nitrogen and oxygen atoms in total. The molecule has 0 amide bonds. The van der Waals surface area contributed by atoms with Crippen LogP contribution in [-0.2, 0) is 38.9 Å². The van der Waals surface area contributed by atoms with Gasteiger partial charge in [-0.25, -0.2) is 37.2 Å². The van der Waals surface area contributed by atoms with Gasteiger partial charge in [0.15, 0.2) is 22.9 Å². The van der Waals surface area contributed by atoms with E-state index in [9.17, 15) is 8.78 Å². The zero-order valence-corrected chi connectivity index (χ0v) is 41.1. The molecule has 15 rings (SSSR count). The Hall–Kier alpha value is -7.99. The van der Waals surface area contributed by atoms with Gasteiger partial charge in [-0.15, -0.1) is 11.3 Å². The molecule has 0 aliphatic carbocycles. The topological polar surface area (TPSA) is 127 Å². The van der Waals surface area contributed by atoms with E-state index >= 15 is 4.39 Å². The SMILES string of the molecule is Fc1cc(F)c(-c2nn3c(c2-c2ccc4ncnn4c2)CC(c2ccc(-c4nn5c(c4-c4ccc6ncsc6c4)CC(c4ccc(-c6nn7c(c6-c6ccc8ncnn8c6)CCC7)c(Cl)c4)C5)c(Cl)c2)C3)cc1F. The normalized spacial score (nSPS) is 16.1. The second kappa shape index (κ2) is 16.5. The Morgan fingerprint density at radius 2 is 1.08 bits per heavy atom. The van der Waals surface area contributed by atoms with Gasteiger partial charge >= 0.3 is 0 Å². The number of pyridine rings is 2. The Labute approximate surface area is 432 Å². The fourth-order valence-electron chi connectivity index (χ4n) is 11.6. The van der Waals surface area contributed by atoms with E-state index in [1.807, 2.05) is 40.7 Å². The van der Waals surface area contributed by atoms with Gasteiger partial charge in [-0.2, -0.15) is 25.5 Å². The molecule has 0 saturated carbocycles. The van der Waals surface area contributed by atoms with Gasteiger partial charge in [0.1, 0.15) is 35.6 Å². The lowest BCUT2D eigenvalue weighted by Gasteiger charge is -2.15. The fraction of sp³-hybridized carbons (Fsp3) is 0.164. The van der Waals surface area contributed by atoms with Crippen LogP contribution in [-0.4, -0.2) is 63.5 Å². The largest absolute Gasteiger partial charge is 0.268 e. The van der Waals surface area contributed by atoms with E-state index in [4.69, 9.17) is 38.5 Å². The van der Waals surface area contributed by atoms with Gasteiger partial charge < -0.3 is 0 Å². The van der Waals surface area contributed by atoms with Crippen molar-refractivity contribution in [2.45, 2.75) is 57.2 Å². The van der Waals surface area contributed by atoms with Crippen LogP contribution in [0.25, 0.3) is 88.7 Å². The Bertz CT molecular complexity index is 4320. The van der Waals surface area contributed by atoms with Crippen molar-refractivity contribution in [2.75, 3.05) is 0 Å². The van der Waals surface area contributed by atoms with Crippen molar-refractivity contribution in [3.8, 4) is 67.2 Å². The molecule has 0 radical (unpaired) electrons. The third kappa shape index (κ3) is 6.82. The van der Waals surface area contributed by atoms with E-state index in [1.54, 1.807) is 39.0 Å². The number of rotatable bonds is 8. The molecule has 12 aromatic rings. The van der Waals surface area contributed by atoms with Crippen LogP contribution in [0.4, 0.5) is 13.2 Å². The molecule has 74 heavy (non-hydrogen) atoms. The summed E-state index contributed by atoms with van der Waals surface area (Å²) in [5.74, 6) is -3.27. The summed E-state index contributed by atoms with van der Waals surface area (Å²) in [5, 5.41) is 25.2. The summed E-state index contributed by atoms with van der Waals surface area (Å²) >= 11 is 16.3. The van der Waals surface area contributed by atoms with Crippen molar-refractivity contribution >= 4 is 56.0 Å². The van der Waals surface area contributed by atoms with E-state index < -0.39 is 17.5 Å². The zero-order valence-electron chi connectivity index (χ0n) is 38.8. The lowest BCUT2D eigenvalue weighted by Crippen LogP contribution is -2.05. The lowest BCUT2D eigenvalue weighted by molar-refractivity contribution is 0.496. The second-order valence-electron chi connectivity index (χ2n) is 19.2. The Kier molecular flexibility index (Phi) is 9.72. The lowest BCUT2D eigenvalue weighted by atomic mass is 9.90. The van der Waals surface area contributed by atoms with Crippen LogP contribution in [0.2, 0.25) is 10.0 Å². The highest BCUT2D eigenvalue weighted by molar-refractivity contribution is 7.16. The minimum absolute atomic E-state index is 0.0499. The fourth-order valence-corrected chi connectivity index (χ4v) is 12.9. The molecule has 0 bridgehead atoms. The minimum Gasteiger partial charge on any atom is -0.268 e. The van der Waals surface area contributed by atoms with E-state index in [1.165, 1.54) is 12.0 Å². The van der Waals surface area contributed by atoms with Gasteiger partial charge in [-0.3, -0.25) is 14.0 Å². The number of nitrogens with zero attached hydrogens (tertiary/aromatic N) is 13. The first-order valence-corrected chi connectivity index (χ1v) is 25.8. The van der Waals surface area contributed by atoms with Crippen molar-refractivity contribution < 1.29 is 13.2 Å². The predicted molar refractivity (Wildman–Crippen MR) is 277 cm³/mol. The molecule has 8 aromatic heterocycles. The van der Waals surface area contributed by atoms with E-state index in [2.05, 4.69) is 83.0 Å². The summed E-state index contributed by atoms with van der Waals surface area (Å²) < 4.78 is 54.8. The van der Waals surface area contributed by atoms with Crippen molar-refractivity contribution in [2.24, 2.45) is 0 Å². The highest BCUT2D eigenvalue weighted by Gasteiger charge is 2.35. The van der Waals surface area contributed by atoms with Crippen LogP contribution in [0.3, 0.4) is 0 Å². The van der Waals surface area contributed by atoms with Crippen LogP contribution in [0, 0.1) is 17.5 Å². The summed E-state index contributed by atoms with van der Waals surface area (Å²) in [6, 6.07) is 28.0. The smallest absolute Gasteiger partial charge is 0.161 e. The average molecular weight is 1040 g/mol. The summed E-state index contributed by atoms with van der Waals surface area (Å²) in [5.41, 5.74) is 18.3. The van der Waals surface area contributed by atoms with E-state index in [0.29, 0.717) is 52.4 Å². The first-order chi connectivity index (χ1) is 36.2. The van der Waals surface area contributed by atoms with Crippen molar-refractivity contribution in [1.29, 1.82) is 0 Å². The van der Waals surface area contributed by atoms with Crippen molar-refractivity contribution in [3.05, 3.63) is 177 Å². The number of hydrogen-bond acceptors (Lipinski definition) is 9. The summed E-state index contributed by atoms with van der Waals surface area (Å²) in [4.78, 5) is 13.2. The van der Waals surface area contributed by atoms with Crippen LogP contribution < -0.4 is 0 Å². The van der Waals surface area contributed by atoms with Crippen LogP contribution >= 0.6 is 34.5 Å². The van der Waals surface area contributed by atoms with Gasteiger partial charge in [0.25, 0.3) is 0 Å². The zero-order chi connectivity index (χ0) is 49.5. The van der Waals surface area contributed by atoms with E-state index in [0.717, 1.165) is 115 Å². The number of aromatic nitrogens is 13. The third-order valence-electron chi connectivity index (χ3n) is 15.1. The molecule has 0 spiro atoms. The highest BCUT2D eigenvalue weighted by atomic mass is 35.5. The number of hydrogen-bond donors (Lipinski definition) is 0. The molecule has 0 N–H and O–H groups in total. The summed E-state index contributed by atoms with van der Waals surface area (Å²) in [7, 11) is 0. The van der Waals surface area contributed by atoms with Gasteiger partial charge in [0.05, 0.1) is 25.8 Å². The quantitative estimate of drug-likeness (QED) is 0.138. The summed E-state index contributed by atoms with van der Waals surface area (Å²) in [6.07, 6.45) is 10.0. The molecule has 362 valence electrons. The van der Waals surface area contributed by atoms with Gasteiger partial charge in [0, 0.05) is 112 Å². The number of benzene rings is 4. The minimum atomic E-state index is -1.27. The number of halogens is 5. The molecule has 11 heterocycles. The monoisotopic (exact) mass is 1040 g/mol. The van der Waals surface area contributed by atoms with Gasteiger partial charge in [-0.1, -0.05) is 53.5 Å².